The summed E-state index contributed by atoms with van der Waals surface area (Å²) in [6.45, 7) is 12.9. The van der Waals surface area contributed by atoms with Crippen LogP contribution in [-0.4, -0.2) is 40.1 Å². The maximum Gasteiger partial charge on any atom is 0.123 e. The first kappa shape index (κ1) is 16.1. The molecule has 124 valence electrons. The maximum atomic E-state index is 4.73. The molecule has 1 aromatic carbocycles. The average molecular weight is 312 g/mol. The van der Waals surface area contributed by atoms with Gasteiger partial charge in [0.2, 0.25) is 0 Å². The van der Waals surface area contributed by atoms with Crippen LogP contribution in [0.15, 0.2) is 24.3 Å². The quantitative estimate of drug-likeness (QED) is 0.870. The number of nitrogens with zero attached hydrogens (tertiary/aromatic N) is 4. The number of aromatic nitrogens is 2. The van der Waals surface area contributed by atoms with E-state index >= 15 is 0 Å². The van der Waals surface area contributed by atoms with Crippen molar-refractivity contribution in [2.45, 2.75) is 40.3 Å². The van der Waals surface area contributed by atoms with E-state index in [9.17, 15) is 0 Å². The number of piperazine rings is 1. The molecule has 1 aliphatic rings. The molecular weight excluding hydrogens is 284 g/mol. The molecule has 0 amide bonds. The van der Waals surface area contributed by atoms with Crippen molar-refractivity contribution in [3.63, 3.8) is 0 Å². The molecular formula is C19H28N4. The van der Waals surface area contributed by atoms with Crippen molar-refractivity contribution >= 4 is 5.69 Å². The van der Waals surface area contributed by atoms with E-state index in [2.05, 4.69) is 73.4 Å². The van der Waals surface area contributed by atoms with Gasteiger partial charge in [-0.15, -0.1) is 0 Å². The number of hydrogen-bond donors (Lipinski definition) is 0. The topological polar surface area (TPSA) is 24.3 Å². The summed E-state index contributed by atoms with van der Waals surface area (Å²) in [5.41, 5.74) is 5.08. The molecule has 3 rings (SSSR count). The SMILES string of the molecule is Cc1ccc(N2CCN(Cc3nc(C)c(C)n3C)[C@@H](C)C2)cc1. The Morgan fingerprint density at radius 1 is 1.09 bits per heavy atom. The van der Waals surface area contributed by atoms with Crippen molar-refractivity contribution in [1.82, 2.24) is 14.5 Å². The lowest BCUT2D eigenvalue weighted by Gasteiger charge is -2.40. The van der Waals surface area contributed by atoms with Crippen molar-refractivity contribution in [3.8, 4) is 0 Å². The highest BCUT2D eigenvalue weighted by atomic mass is 15.3. The summed E-state index contributed by atoms with van der Waals surface area (Å²) in [6, 6.07) is 9.41. The lowest BCUT2D eigenvalue weighted by atomic mass is 10.1. The summed E-state index contributed by atoms with van der Waals surface area (Å²) < 4.78 is 2.23. The standard InChI is InChI=1S/C19H28N4/c1-14-6-8-18(9-7-14)23-11-10-22(15(2)12-23)13-19-20-16(3)17(4)21(19)5/h6-9,15H,10-13H2,1-5H3/t15-/m0/s1. The molecule has 1 fully saturated rings. The number of rotatable bonds is 3. The van der Waals surface area contributed by atoms with Gasteiger partial charge >= 0.3 is 0 Å². The zero-order valence-electron chi connectivity index (χ0n) is 15.0. The zero-order chi connectivity index (χ0) is 16.6. The van der Waals surface area contributed by atoms with Gasteiger partial charge in [0, 0.05) is 44.1 Å². The fourth-order valence-corrected chi connectivity index (χ4v) is 3.33. The lowest BCUT2D eigenvalue weighted by Crippen LogP contribution is -2.51. The van der Waals surface area contributed by atoms with Crippen molar-refractivity contribution in [2.75, 3.05) is 24.5 Å². The highest BCUT2D eigenvalue weighted by molar-refractivity contribution is 5.48. The largest absolute Gasteiger partial charge is 0.369 e. The first-order valence-electron chi connectivity index (χ1n) is 8.50. The van der Waals surface area contributed by atoms with Crippen LogP contribution in [0.25, 0.3) is 0 Å². The van der Waals surface area contributed by atoms with E-state index in [1.165, 1.54) is 22.8 Å². The van der Waals surface area contributed by atoms with Crippen LogP contribution in [0.2, 0.25) is 0 Å². The van der Waals surface area contributed by atoms with Crippen LogP contribution >= 0.6 is 0 Å². The highest BCUT2D eigenvalue weighted by Gasteiger charge is 2.25. The summed E-state index contributed by atoms with van der Waals surface area (Å²) in [5, 5.41) is 0. The van der Waals surface area contributed by atoms with Crippen molar-refractivity contribution in [2.24, 2.45) is 7.05 Å². The van der Waals surface area contributed by atoms with Gasteiger partial charge in [0.25, 0.3) is 0 Å². The molecule has 0 bridgehead atoms. The van der Waals surface area contributed by atoms with E-state index in [1.807, 2.05) is 0 Å². The van der Waals surface area contributed by atoms with E-state index in [0.717, 1.165) is 31.9 Å². The Hall–Kier alpha value is -1.81. The smallest absolute Gasteiger partial charge is 0.123 e. The molecule has 0 aliphatic carbocycles. The number of aryl methyl sites for hydroxylation is 2. The van der Waals surface area contributed by atoms with E-state index in [1.54, 1.807) is 0 Å². The predicted molar refractivity (Wildman–Crippen MR) is 95.9 cm³/mol. The average Bonchev–Trinajstić information content (AvgIpc) is 2.77. The van der Waals surface area contributed by atoms with E-state index in [-0.39, 0.29) is 0 Å². The van der Waals surface area contributed by atoms with Crippen molar-refractivity contribution < 1.29 is 0 Å². The second kappa shape index (κ2) is 6.36. The summed E-state index contributed by atoms with van der Waals surface area (Å²) in [4.78, 5) is 9.78. The van der Waals surface area contributed by atoms with Gasteiger partial charge in [-0.2, -0.15) is 0 Å². The predicted octanol–water partition coefficient (Wildman–Crippen LogP) is 3.06. The van der Waals surface area contributed by atoms with Crippen LogP contribution in [0, 0.1) is 20.8 Å². The normalized spacial score (nSPS) is 19.3. The maximum absolute atomic E-state index is 4.73. The third-order valence-electron chi connectivity index (χ3n) is 5.22. The molecule has 1 saturated heterocycles. The third kappa shape index (κ3) is 3.27. The Morgan fingerprint density at radius 2 is 1.78 bits per heavy atom. The molecule has 4 nitrogen and oxygen atoms in total. The molecule has 4 heteroatoms. The van der Waals surface area contributed by atoms with Gasteiger partial charge in [0.1, 0.15) is 5.82 Å². The van der Waals surface area contributed by atoms with Crippen molar-refractivity contribution in [3.05, 3.63) is 47.0 Å². The van der Waals surface area contributed by atoms with Gasteiger partial charge in [0.05, 0.1) is 12.2 Å². The summed E-state index contributed by atoms with van der Waals surface area (Å²) in [6.07, 6.45) is 0. The minimum atomic E-state index is 0.530. The van der Waals surface area contributed by atoms with Crippen LogP contribution in [0.3, 0.4) is 0 Å². The number of benzene rings is 1. The summed E-state index contributed by atoms with van der Waals surface area (Å²) in [7, 11) is 2.12. The van der Waals surface area contributed by atoms with E-state index in [0.29, 0.717) is 6.04 Å². The molecule has 1 atom stereocenters. The fraction of sp³-hybridized carbons (Fsp3) is 0.526. The monoisotopic (exact) mass is 312 g/mol. The molecule has 2 heterocycles. The van der Waals surface area contributed by atoms with Gasteiger partial charge in [-0.25, -0.2) is 4.98 Å². The van der Waals surface area contributed by atoms with Crippen LogP contribution in [-0.2, 0) is 13.6 Å². The highest BCUT2D eigenvalue weighted by Crippen LogP contribution is 2.21. The molecule has 0 radical (unpaired) electrons. The van der Waals surface area contributed by atoms with Crippen LogP contribution < -0.4 is 4.90 Å². The molecule has 0 spiro atoms. The van der Waals surface area contributed by atoms with Gasteiger partial charge in [-0.3, -0.25) is 4.90 Å². The number of anilines is 1. The Balaban J connectivity index is 1.66. The third-order valence-corrected chi connectivity index (χ3v) is 5.22. The molecule has 0 unspecified atom stereocenters. The van der Waals surface area contributed by atoms with Gasteiger partial charge in [-0.1, -0.05) is 17.7 Å². The molecule has 1 aliphatic heterocycles. The molecule has 0 saturated carbocycles. The van der Waals surface area contributed by atoms with Crippen LogP contribution in [0.1, 0.15) is 29.7 Å². The summed E-state index contributed by atoms with van der Waals surface area (Å²) >= 11 is 0. The van der Waals surface area contributed by atoms with E-state index < -0.39 is 0 Å². The Morgan fingerprint density at radius 3 is 2.35 bits per heavy atom. The fourth-order valence-electron chi connectivity index (χ4n) is 3.33. The number of hydrogen-bond acceptors (Lipinski definition) is 3. The van der Waals surface area contributed by atoms with Gasteiger partial charge in [-0.05, 0) is 39.8 Å². The summed E-state index contributed by atoms with van der Waals surface area (Å²) in [5.74, 6) is 1.18. The van der Waals surface area contributed by atoms with Crippen molar-refractivity contribution in [1.29, 1.82) is 0 Å². The van der Waals surface area contributed by atoms with Crippen LogP contribution in [0.4, 0.5) is 5.69 Å². The minimum absolute atomic E-state index is 0.530. The Labute approximate surface area is 139 Å². The zero-order valence-corrected chi connectivity index (χ0v) is 15.0. The molecule has 2 aromatic rings. The lowest BCUT2D eigenvalue weighted by molar-refractivity contribution is 0.175. The first-order valence-corrected chi connectivity index (χ1v) is 8.50. The second-order valence-electron chi connectivity index (χ2n) is 6.86. The molecule has 23 heavy (non-hydrogen) atoms. The molecule has 0 N–H and O–H groups in total. The molecule has 1 aromatic heterocycles. The second-order valence-corrected chi connectivity index (χ2v) is 6.86. The first-order chi connectivity index (χ1) is 11.0. The minimum Gasteiger partial charge on any atom is -0.369 e. The van der Waals surface area contributed by atoms with E-state index in [4.69, 9.17) is 4.98 Å². The van der Waals surface area contributed by atoms with Crippen LogP contribution in [0.5, 0.6) is 0 Å². The Bertz CT molecular complexity index is 671. The Kier molecular flexibility index (Phi) is 4.44. The van der Waals surface area contributed by atoms with Gasteiger partial charge in [0.15, 0.2) is 0 Å². The number of imidazole rings is 1. The van der Waals surface area contributed by atoms with Gasteiger partial charge < -0.3 is 9.47 Å².